The van der Waals surface area contributed by atoms with Gasteiger partial charge in [-0.3, -0.25) is 4.79 Å². The second kappa shape index (κ2) is 6.70. The van der Waals surface area contributed by atoms with Crippen LogP contribution in [0.15, 0.2) is 36.4 Å². The molecule has 1 fully saturated rings. The average Bonchev–Trinajstić information content (AvgIpc) is 3.04. The van der Waals surface area contributed by atoms with Crippen LogP contribution in [0.25, 0.3) is 10.4 Å². The van der Waals surface area contributed by atoms with Gasteiger partial charge in [0, 0.05) is 16.4 Å². The maximum atomic E-state index is 12.5. The second-order valence-corrected chi connectivity index (χ2v) is 6.64. The third-order valence-corrected chi connectivity index (χ3v) is 4.91. The summed E-state index contributed by atoms with van der Waals surface area (Å²) in [5, 5.41) is 9.65. The number of morpholine rings is 1. The van der Waals surface area contributed by atoms with Crippen molar-refractivity contribution in [2.45, 2.75) is 6.10 Å². The largest absolute Gasteiger partial charge is 0.479 e. The molecule has 7 heteroatoms. The minimum atomic E-state index is -1.05. The smallest absolute Gasteiger partial charge is 0.334 e. The van der Waals surface area contributed by atoms with Crippen LogP contribution in [0.3, 0.4) is 0 Å². The minimum Gasteiger partial charge on any atom is -0.479 e. The highest BCUT2D eigenvalue weighted by Crippen LogP contribution is 2.30. The van der Waals surface area contributed by atoms with E-state index < -0.39 is 12.1 Å². The number of hydrogen-bond donors (Lipinski definition) is 1. The van der Waals surface area contributed by atoms with E-state index in [-0.39, 0.29) is 19.1 Å². The number of carbonyl (C=O) groups is 2. The van der Waals surface area contributed by atoms with Gasteiger partial charge in [0.2, 0.25) is 0 Å². The molecule has 2 heterocycles. The zero-order chi connectivity index (χ0) is 16.4. The molecule has 5 nitrogen and oxygen atoms in total. The summed E-state index contributed by atoms with van der Waals surface area (Å²) in [5.74, 6) is -1.22. The molecule has 120 valence electrons. The van der Waals surface area contributed by atoms with Crippen LogP contribution < -0.4 is 0 Å². The van der Waals surface area contributed by atoms with E-state index in [0.717, 1.165) is 10.4 Å². The van der Waals surface area contributed by atoms with Crippen molar-refractivity contribution in [2.24, 2.45) is 0 Å². The van der Waals surface area contributed by atoms with Gasteiger partial charge in [0.05, 0.1) is 18.0 Å². The molecule has 2 aromatic rings. The van der Waals surface area contributed by atoms with E-state index in [1.54, 1.807) is 12.1 Å². The molecule has 1 aliphatic heterocycles. The van der Waals surface area contributed by atoms with Crippen LogP contribution in [0.4, 0.5) is 0 Å². The molecule has 1 aliphatic rings. The van der Waals surface area contributed by atoms with E-state index in [2.05, 4.69) is 0 Å². The molecule has 1 aromatic heterocycles. The normalized spacial score (nSPS) is 18.0. The first-order valence-corrected chi connectivity index (χ1v) is 8.23. The number of ether oxygens (including phenoxy) is 1. The predicted molar refractivity (Wildman–Crippen MR) is 88.0 cm³/mol. The molecule has 1 N–H and O–H groups in total. The summed E-state index contributed by atoms with van der Waals surface area (Å²) in [6.07, 6.45) is -0.958. The Morgan fingerprint density at radius 1 is 1.30 bits per heavy atom. The Bertz CT molecular complexity index is 745. The van der Waals surface area contributed by atoms with E-state index in [1.807, 2.05) is 24.3 Å². The van der Waals surface area contributed by atoms with Gasteiger partial charge < -0.3 is 14.7 Å². The molecule has 0 aliphatic carbocycles. The lowest BCUT2D eigenvalue weighted by atomic mass is 10.2. The second-order valence-electron chi connectivity index (χ2n) is 5.12. The Kier molecular flexibility index (Phi) is 4.66. The summed E-state index contributed by atoms with van der Waals surface area (Å²) in [6.45, 7) is 0.695. The van der Waals surface area contributed by atoms with E-state index in [1.165, 1.54) is 16.2 Å². The Labute approximate surface area is 142 Å². The molecule has 0 unspecified atom stereocenters. The van der Waals surface area contributed by atoms with Crippen molar-refractivity contribution in [3.8, 4) is 10.4 Å². The van der Waals surface area contributed by atoms with Crippen LogP contribution >= 0.6 is 22.9 Å². The molecule has 0 spiro atoms. The molecular formula is C16H14ClNO4S. The van der Waals surface area contributed by atoms with Crippen molar-refractivity contribution < 1.29 is 19.4 Å². The number of nitrogens with zero attached hydrogens (tertiary/aromatic N) is 1. The Morgan fingerprint density at radius 3 is 2.87 bits per heavy atom. The number of aliphatic carboxylic acids is 1. The Morgan fingerprint density at radius 2 is 2.13 bits per heavy atom. The molecule has 1 atom stereocenters. The fourth-order valence-corrected chi connectivity index (χ4v) is 3.55. The highest BCUT2D eigenvalue weighted by molar-refractivity contribution is 7.17. The SMILES string of the molecule is O=C(O)[C@H]1CN(C(=O)c2ccc(-c3cccc(Cl)c3)s2)CCO1. The van der Waals surface area contributed by atoms with E-state index in [4.69, 9.17) is 21.4 Å². The standard InChI is InChI=1S/C16H14ClNO4S/c17-11-3-1-2-10(8-11)13-4-5-14(23-13)15(19)18-6-7-22-12(9-18)16(20)21/h1-5,8,12H,6-7,9H2,(H,20,21)/t12-/m1/s1. The number of carboxylic acid groups (broad SMARTS) is 1. The fraction of sp³-hybridized carbons (Fsp3) is 0.250. The van der Waals surface area contributed by atoms with Crippen molar-refractivity contribution in [3.63, 3.8) is 0 Å². The third kappa shape index (κ3) is 3.55. The highest BCUT2D eigenvalue weighted by atomic mass is 35.5. The molecule has 1 amide bonds. The lowest BCUT2D eigenvalue weighted by Crippen LogP contribution is -2.48. The summed E-state index contributed by atoms with van der Waals surface area (Å²) in [5.41, 5.74) is 0.951. The van der Waals surface area contributed by atoms with Gasteiger partial charge in [0.15, 0.2) is 6.10 Å². The zero-order valence-electron chi connectivity index (χ0n) is 12.1. The van der Waals surface area contributed by atoms with Gasteiger partial charge in [-0.05, 0) is 29.8 Å². The van der Waals surface area contributed by atoms with Gasteiger partial charge in [-0.15, -0.1) is 11.3 Å². The lowest BCUT2D eigenvalue weighted by molar-refractivity contribution is -0.154. The van der Waals surface area contributed by atoms with Crippen molar-refractivity contribution in [3.05, 3.63) is 46.3 Å². The van der Waals surface area contributed by atoms with Gasteiger partial charge >= 0.3 is 5.97 Å². The zero-order valence-corrected chi connectivity index (χ0v) is 13.6. The quantitative estimate of drug-likeness (QED) is 0.923. The molecule has 3 rings (SSSR count). The van der Waals surface area contributed by atoms with E-state index >= 15 is 0 Å². The third-order valence-electron chi connectivity index (χ3n) is 3.56. The Balaban J connectivity index is 1.77. The number of halogens is 1. The number of amides is 1. The van der Waals surface area contributed by atoms with Crippen LogP contribution in [0.2, 0.25) is 5.02 Å². The van der Waals surface area contributed by atoms with Gasteiger partial charge in [-0.25, -0.2) is 4.79 Å². The number of carbonyl (C=O) groups excluding carboxylic acids is 1. The maximum absolute atomic E-state index is 12.5. The molecule has 1 aromatic carbocycles. The van der Waals surface area contributed by atoms with Crippen LogP contribution in [-0.4, -0.2) is 47.7 Å². The molecule has 0 saturated carbocycles. The maximum Gasteiger partial charge on any atom is 0.334 e. The van der Waals surface area contributed by atoms with Gasteiger partial charge in [0.25, 0.3) is 5.91 Å². The van der Waals surface area contributed by atoms with E-state index in [0.29, 0.717) is 16.4 Å². The van der Waals surface area contributed by atoms with Crippen LogP contribution in [0.1, 0.15) is 9.67 Å². The van der Waals surface area contributed by atoms with Crippen LogP contribution in [0.5, 0.6) is 0 Å². The van der Waals surface area contributed by atoms with Gasteiger partial charge in [-0.1, -0.05) is 23.7 Å². The number of thiophene rings is 1. The summed E-state index contributed by atoms with van der Waals surface area (Å²) >= 11 is 7.36. The topological polar surface area (TPSA) is 66.8 Å². The Hall–Kier alpha value is -1.89. The van der Waals surface area contributed by atoms with Crippen molar-refractivity contribution >= 4 is 34.8 Å². The molecular weight excluding hydrogens is 338 g/mol. The lowest BCUT2D eigenvalue weighted by Gasteiger charge is -2.30. The molecule has 0 radical (unpaired) electrons. The summed E-state index contributed by atoms with van der Waals surface area (Å²) in [7, 11) is 0. The van der Waals surface area contributed by atoms with Crippen molar-refractivity contribution in [1.82, 2.24) is 4.90 Å². The molecule has 1 saturated heterocycles. The minimum absolute atomic E-state index is 0.0680. The molecule has 23 heavy (non-hydrogen) atoms. The molecule has 0 bridgehead atoms. The highest BCUT2D eigenvalue weighted by Gasteiger charge is 2.30. The predicted octanol–water partition coefficient (Wildman–Crippen LogP) is 2.99. The van der Waals surface area contributed by atoms with Crippen LogP contribution in [-0.2, 0) is 9.53 Å². The number of benzene rings is 1. The van der Waals surface area contributed by atoms with Gasteiger partial charge in [-0.2, -0.15) is 0 Å². The average molecular weight is 352 g/mol. The van der Waals surface area contributed by atoms with E-state index in [9.17, 15) is 9.59 Å². The number of hydrogen-bond acceptors (Lipinski definition) is 4. The van der Waals surface area contributed by atoms with Crippen molar-refractivity contribution in [1.29, 1.82) is 0 Å². The summed E-state index contributed by atoms with van der Waals surface area (Å²) in [4.78, 5) is 26.6. The monoisotopic (exact) mass is 351 g/mol. The van der Waals surface area contributed by atoms with Crippen molar-refractivity contribution in [2.75, 3.05) is 19.7 Å². The summed E-state index contributed by atoms with van der Waals surface area (Å²) in [6, 6.07) is 11.1. The summed E-state index contributed by atoms with van der Waals surface area (Å²) < 4.78 is 5.14. The number of rotatable bonds is 3. The first-order chi connectivity index (χ1) is 11.0. The van der Waals surface area contributed by atoms with Crippen LogP contribution in [0, 0.1) is 0 Å². The first-order valence-electron chi connectivity index (χ1n) is 7.04. The number of carboxylic acids is 1. The first kappa shape index (κ1) is 16.0. The fourth-order valence-electron chi connectivity index (χ4n) is 2.39. The van der Waals surface area contributed by atoms with Gasteiger partial charge in [0.1, 0.15) is 0 Å².